The molecular weight excluding hydrogens is 388 g/mol. The van der Waals surface area contributed by atoms with Crippen molar-refractivity contribution in [1.29, 1.82) is 0 Å². The number of hydrogen-bond acceptors (Lipinski definition) is 5. The number of rotatable bonds is 9. The molecule has 0 saturated carbocycles. The molecule has 8 heteroatoms. The standard InChI is InChI=1S/C21H38N4O3S/c1-8-15(3)24(16(4)9-2)21(26)13-23(7)12-20-17(5)22-25(18(20)6)19-10-11-29(27,28)14-19/h15-16,19H,8-14H2,1-7H3/t15-,16-,19+/m0/s1. The van der Waals surface area contributed by atoms with Gasteiger partial charge in [0.1, 0.15) is 0 Å². The normalized spacial score (nSPS) is 20.8. The minimum atomic E-state index is -2.96. The minimum absolute atomic E-state index is 0.0781. The van der Waals surface area contributed by atoms with E-state index in [2.05, 4.69) is 32.8 Å². The highest BCUT2D eigenvalue weighted by molar-refractivity contribution is 7.91. The average molecular weight is 427 g/mol. The van der Waals surface area contributed by atoms with Crippen LogP contribution in [0.5, 0.6) is 0 Å². The summed E-state index contributed by atoms with van der Waals surface area (Å²) >= 11 is 0. The quantitative estimate of drug-likeness (QED) is 0.607. The third-order valence-corrected chi connectivity index (χ3v) is 8.03. The Morgan fingerprint density at radius 2 is 1.79 bits per heavy atom. The van der Waals surface area contributed by atoms with Crippen molar-refractivity contribution in [2.24, 2.45) is 0 Å². The molecule has 29 heavy (non-hydrogen) atoms. The van der Waals surface area contributed by atoms with Gasteiger partial charge in [-0.25, -0.2) is 8.42 Å². The molecule has 1 fully saturated rings. The number of hydrogen-bond donors (Lipinski definition) is 0. The topological polar surface area (TPSA) is 75.5 Å². The summed E-state index contributed by atoms with van der Waals surface area (Å²) in [4.78, 5) is 17.0. The molecular formula is C21H38N4O3S. The maximum absolute atomic E-state index is 13.0. The number of amides is 1. The van der Waals surface area contributed by atoms with Crippen molar-refractivity contribution in [3.8, 4) is 0 Å². The van der Waals surface area contributed by atoms with Gasteiger partial charge in [-0.2, -0.15) is 5.10 Å². The molecule has 1 aliphatic heterocycles. The molecule has 1 amide bonds. The van der Waals surface area contributed by atoms with Gasteiger partial charge in [0.15, 0.2) is 9.84 Å². The van der Waals surface area contributed by atoms with Crippen LogP contribution in [-0.4, -0.2) is 71.1 Å². The van der Waals surface area contributed by atoms with Crippen LogP contribution in [0.25, 0.3) is 0 Å². The zero-order valence-corrected chi connectivity index (χ0v) is 19.9. The summed E-state index contributed by atoms with van der Waals surface area (Å²) in [6, 6.07) is 0.369. The first-order valence-electron chi connectivity index (χ1n) is 10.7. The van der Waals surface area contributed by atoms with Gasteiger partial charge < -0.3 is 4.90 Å². The van der Waals surface area contributed by atoms with Crippen molar-refractivity contribution in [3.05, 3.63) is 17.0 Å². The maximum Gasteiger partial charge on any atom is 0.237 e. The van der Waals surface area contributed by atoms with Gasteiger partial charge in [-0.3, -0.25) is 14.4 Å². The molecule has 0 radical (unpaired) electrons. The monoisotopic (exact) mass is 426 g/mol. The molecule has 3 atom stereocenters. The summed E-state index contributed by atoms with van der Waals surface area (Å²) in [6.45, 7) is 13.4. The van der Waals surface area contributed by atoms with E-state index in [1.807, 2.05) is 35.4 Å². The summed E-state index contributed by atoms with van der Waals surface area (Å²) in [5, 5.41) is 4.64. The average Bonchev–Trinajstić information content (AvgIpc) is 3.14. The van der Waals surface area contributed by atoms with Crippen molar-refractivity contribution < 1.29 is 13.2 Å². The fraction of sp³-hybridized carbons (Fsp3) is 0.810. The lowest BCUT2D eigenvalue weighted by Gasteiger charge is -2.35. The third-order valence-electron chi connectivity index (χ3n) is 6.28. The Labute approximate surface area is 176 Å². The summed E-state index contributed by atoms with van der Waals surface area (Å²) in [6.07, 6.45) is 2.50. The van der Waals surface area contributed by atoms with Crippen molar-refractivity contribution >= 4 is 15.7 Å². The molecule has 2 rings (SSSR count). The second-order valence-electron chi connectivity index (χ2n) is 8.64. The lowest BCUT2D eigenvalue weighted by atomic mass is 10.1. The Morgan fingerprint density at radius 3 is 2.28 bits per heavy atom. The fourth-order valence-corrected chi connectivity index (χ4v) is 5.90. The van der Waals surface area contributed by atoms with Gasteiger partial charge >= 0.3 is 0 Å². The van der Waals surface area contributed by atoms with E-state index in [9.17, 15) is 13.2 Å². The molecule has 166 valence electrons. The summed E-state index contributed by atoms with van der Waals surface area (Å²) in [5.41, 5.74) is 3.00. The number of sulfone groups is 1. The number of likely N-dealkylation sites (N-methyl/N-ethyl adjacent to an activating group) is 1. The van der Waals surface area contributed by atoms with E-state index in [1.54, 1.807) is 0 Å². The molecule has 2 heterocycles. The summed E-state index contributed by atoms with van der Waals surface area (Å²) in [7, 11) is -0.997. The predicted molar refractivity (Wildman–Crippen MR) is 117 cm³/mol. The van der Waals surface area contributed by atoms with E-state index in [4.69, 9.17) is 0 Å². The van der Waals surface area contributed by atoms with Crippen LogP contribution < -0.4 is 0 Å². The number of nitrogens with zero attached hydrogens (tertiary/aromatic N) is 4. The van der Waals surface area contributed by atoms with Crippen LogP contribution in [0, 0.1) is 13.8 Å². The van der Waals surface area contributed by atoms with Crippen molar-refractivity contribution in [1.82, 2.24) is 19.6 Å². The molecule has 0 N–H and O–H groups in total. The first kappa shape index (κ1) is 23.9. The highest BCUT2D eigenvalue weighted by atomic mass is 32.2. The first-order valence-corrected chi connectivity index (χ1v) is 12.6. The second kappa shape index (κ2) is 9.60. The molecule has 7 nitrogen and oxygen atoms in total. The van der Waals surface area contributed by atoms with E-state index in [0.717, 1.165) is 29.8 Å². The number of carbonyl (C=O) groups excluding carboxylic acids is 1. The highest BCUT2D eigenvalue weighted by Gasteiger charge is 2.32. The molecule has 1 aliphatic rings. The van der Waals surface area contributed by atoms with E-state index >= 15 is 0 Å². The van der Waals surface area contributed by atoms with E-state index in [-0.39, 0.29) is 35.5 Å². The Bertz CT molecular complexity index is 808. The van der Waals surface area contributed by atoms with Crippen LogP contribution in [0.15, 0.2) is 0 Å². The number of aryl methyl sites for hydroxylation is 1. The fourth-order valence-electron chi connectivity index (χ4n) is 4.21. The van der Waals surface area contributed by atoms with Crippen molar-refractivity contribution in [3.63, 3.8) is 0 Å². The molecule has 0 unspecified atom stereocenters. The van der Waals surface area contributed by atoms with Gasteiger partial charge in [0.2, 0.25) is 5.91 Å². The molecule has 0 spiro atoms. The smallest absolute Gasteiger partial charge is 0.237 e. The Hall–Kier alpha value is -1.41. The Balaban J connectivity index is 2.10. The zero-order chi connectivity index (χ0) is 21.9. The first-order chi connectivity index (χ1) is 13.5. The molecule has 0 aromatic carbocycles. The largest absolute Gasteiger partial charge is 0.336 e. The molecule has 1 saturated heterocycles. The lowest BCUT2D eigenvalue weighted by Crippen LogP contribution is -2.48. The molecule has 0 bridgehead atoms. The van der Waals surface area contributed by atoms with Gasteiger partial charge in [0, 0.05) is 29.9 Å². The summed E-state index contributed by atoms with van der Waals surface area (Å²) < 4.78 is 25.6. The Morgan fingerprint density at radius 1 is 1.21 bits per heavy atom. The van der Waals surface area contributed by atoms with Gasteiger partial charge in [0.25, 0.3) is 0 Å². The van der Waals surface area contributed by atoms with Crippen LogP contribution >= 0.6 is 0 Å². The zero-order valence-electron chi connectivity index (χ0n) is 19.1. The van der Waals surface area contributed by atoms with Gasteiger partial charge in [0.05, 0.1) is 29.8 Å². The van der Waals surface area contributed by atoms with E-state index < -0.39 is 9.84 Å². The predicted octanol–water partition coefficient (Wildman–Crippen LogP) is 2.72. The van der Waals surface area contributed by atoms with Gasteiger partial charge in [-0.05, 0) is 54.0 Å². The van der Waals surface area contributed by atoms with Crippen LogP contribution in [0.1, 0.15) is 70.0 Å². The molecule has 1 aromatic heterocycles. The second-order valence-corrected chi connectivity index (χ2v) is 10.9. The number of aromatic nitrogens is 2. The minimum Gasteiger partial charge on any atom is -0.336 e. The van der Waals surface area contributed by atoms with Crippen molar-refractivity contribution in [2.45, 2.75) is 85.5 Å². The van der Waals surface area contributed by atoms with Gasteiger partial charge in [-0.15, -0.1) is 0 Å². The highest BCUT2D eigenvalue weighted by Crippen LogP contribution is 2.27. The maximum atomic E-state index is 13.0. The van der Waals surface area contributed by atoms with E-state index in [0.29, 0.717) is 19.5 Å². The number of carbonyl (C=O) groups is 1. The van der Waals surface area contributed by atoms with Gasteiger partial charge in [-0.1, -0.05) is 13.8 Å². The van der Waals surface area contributed by atoms with Crippen LogP contribution in [0.4, 0.5) is 0 Å². The van der Waals surface area contributed by atoms with Crippen LogP contribution in [0.3, 0.4) is 0 Å². The van der Waals surface area contributed by atoms with Crippen LogP contribution in [-0.2, 0) is 21.2 Å². The Kier molecular flexibility index (Phi) is 7.90. The summed E-state index contributed by atoms with van der Waals surface area (Å²) in [5.74, 6) is 0.559. The van der Waals surface area contributed by atoms with E-state index in [1.165, 1.54) is 0 Å². The molecule has 1 aromatic rings. The lowest BCUT2D eigenvalue weighted by molar-refractivity contribution is -0.136. The molecule has 0 aliphatic carbocycles. The third kappa shape index (κ3) is 5.60. The van der Waals surface area contributed by atoms with Crippen LogP contribution in [0.2, 0.25) is 0 Å². The SMILES string of the molecule is CC[C@H](C)N(C(=O)CN(C)Cc1c(C)nn([C@@H]2CCS(=O)(=O)C2)c1C)[C@@H](C)CC. The van der Waals surface area contributed by atoms with Crippen molar-refractivity contribution in [2.75, 3.05) is 25.1 Å².